The molecule has 2 unspecified atom stereocenters. The van der Waals surface area contributed by atoms with Crippen LogP contribution in [0.1, 0.15) is 6.92 Å². The molecular formula is C5H8LiO6P. The minimum Gasteiger partial charge on any atom is -0.776 e. The first-order valence-electron chi connectivity index (χ1n) is 3.35. The van der Waals surface area contributed by atoms with Crippen molar-refractivity contribution < 1.29 is 47.1 Å². The SMILES string of the molecule is CCOP(=O)([O-])C1COC(=O)O1.[Li+]. The molecule has 0 aromatic heterocycles. The van der Waals surface area contributed by atoms with Crippen LogP contribution < -0.4 is 23.8 Å². The van der Waals surface area contributed by atoms with Crippen LogP contribution in [0.4, 0.5) is 4.79 Å². The molecule has 0 aromatic carbocycles. The number of ether oxygens (including phenoxy) is 2. The topological polar surface area (TPSA) is 84.9 Å². The van der Waals surface area contributed by atoms with Gasteiger partial charge in [0, 0.05) is 0 Å². The fraction of sp³-hybridized carbons (Fsp3) is 0.800. The summed E-state index contributed by atoms with van der Waals surface area (Å²) in [5.74, 6) is -1.29. The van der Waals surface area contributed by atoms with Crippen molar-refractivity contribution in [3.05, 3.63) is 0 Å². The summed E-state index contributed by atoms with van der Waals surface area (Å²) >= 11 is 0. The van der Waals surface area contributed by atoms with E-state index in [4.69, 9.17) is 0 Å². The maximum atomic E-state index is 11.0. The molecule has 2 atom stereocenters. The second-order valence-electron chi connectivity index (χ2n) is 2.09. The third kappa shape index (κ3) is 3.33. The van der Waals surface area contributed by atoms with Crippen LogP contribution in [0.15, 0.2) is 0 Å². The maximum Gasteiger partial charge on any atom is 1.00 e. The van der Waals surface area contributed by atoms with E-state index in [2.05, 4.69) is 14.0 Å². The molecule has 0 bridgehead atoms. The molecule has 0 spiro atoms. The molecule has 0 saturated carbocycles. The number of hydrogen-bond acceptors (Lipinski definition) is 6. The largest absolute Gasteiger partial charge is 1.00 e. The first kappa shape index (κ1) is 13.0. The quantitative estimate of drug-likeness (QED) is 0.277. The molecule has 1 saturated heterocycles. The molecule has 8 heteroatoms. The van der Waals surface area contributed by atoms with Crippen LogP contribution in [0, 0.1) is 0 Å². The zero-order chi connectivity index (χ0) is 9.19. The van der Waals surface area contributed by atoms with Crippen LogP contribution in [0.25, 0.3) is 0 Å². The van der Waals surface area contributed by atoms with Crippen molar-refractivity contribution >= 4 is 13.8 Å². The van der Waals surface area contributed by atoms with Crippen LogP contribution in [-0.2, 0) is 18.6 Å². The van der Waals surface area contributed by atoms with Gasteiger partial charge < -0.3 is 23.5 Å². The van der Waals surface area contributed by atoms with E-state index in [9.17, 15) is 14.3 Å². The Morgan fingerprint density at radius 3 is 2.77 bits per heavy atom. The Balaban J connectivity index is 0.00000144. The van der Waals surface area contributed by atoms with Crippen molar-refractivity contribution in [1.82, 2.24) is 0 Å². The summed E-state index contributed by atoms with van der Waals surface area (Å²) in [4.78, 5) is 21.4. The fourth-order valence-electron chi connectivity index (χ4n) is 0.737. The van der Waals surface area contributed by atoms with Gasteiger partial charge in [0.25, 0.3) is 0 Å². The summed E-state index contributed by atoms with van der Waals surface area (Å²) in [6, 6.07) is 0. The summed E-state index contributed by atoms with van der Waals surface area (Å²) in [6.45, 7) is 1.26. The Morgan fingerprint density at radius 1 is 1.77 bits per heavy atom. The van der Waals surface area contributed by atoms with E-state index in [0.29, 0.717) is 0 Å². The summed E-state index contributed by atoms with van der Waals surface area (Å²) in [6.07, 6.45) is -0.976. The van der Waals surface area contributed by atoms with E-state index >= 15 is 0 Å². The second-order valence-corrected chi connectivity index (χ2v) is 4.00. The Morgan fingerprint density at radius 2 is 2.38 bits per heavy atom. The molecule has 0 aliphatic carbocycles. The monoisotopic (exact) mass is 202 g/mol. The van der Waals surface area contributed by atoms with Crippen LogP contribution in [0.3, 0.4) is 0 Å². The maximum absolute atomic E-state index is 11.0. The van der Waals surface area contributed by atoms with E-state index < -0.39 is 19.6 Å². The van der Waals surface area contributed by atoms with Crippen molar-refractivity contribution in [2.45, 2.75) is 12.8 Å². The van der Waals surface area contributed by atoms with Gasteiger partial charge in [0.15, 0.2) is 7.60 Å². The van der Waals surface area contributed by atoms with Gasteiger partial charge in [0.1, 0.15) is 6.61 Å². The second kappa shape index (κ2) is 5.04. The van der Waals surface area contributed by atoms with Gasteiger partial charge in [-0.2, -0.15) is 0 Å². The van der Waals surface area contributed by atoms with Crippen LogP contribution in [0.5, 0.6) is 0 Å². The van der Waals surface area contributed by atoms with E-state index in [1.165, 1.54) is 6.92 Å². The molecule has 1 heterocycles. The van der Waals surface area contributed by atoms with Crippen LogP contribution in [-0.4, -0.2) is 25.2 Å². The van der Waals surface area contributed by atoms with E-state index in [0.717, 1.165) is 0 Å². The Bertz CT molecular complexity index is 231. The fourth-order valence-corrected chi connectivity index (χ4v) is 1.74. The zero-order valence-electron chi connectivity index (χ0n) is 7.39. The van der Waals surface area contributed by atoms with Crippen LogP contribution >= 0.6 is 7.60 Å². The molecule has 0 amide bonds. The number of carbonyl (C=O) groups is 1. The van der Waals surface area contributed by atoms with Gasteiger partial charge in [0.2, 0.25) is 5.85 Å². The summed E-state index contributed by atoms with van der Waals surface area (Å²) in [5, 5.41) is 0. The molecule has 1 fully saturated rings. The predicted molar refractivity (Wildman–Crippen MR) is 35.5 cm³/mol. The molecule has 0 N–H and O–H groups in total. The van der Waals surface area contributed by atoms with E-state index in [1.54, 1.807) is 0 Å². The standard InChI is InChI=1S/C5H9O6P.Li/c1-2-10-12(7,8)4-3-9-5(6)11-4;/h4H,2-3H2,1H3,(H,7,8);/q;+1/p-1. The normalized spacial score (nSPS) is 25.4. The summed E-state index contributed by atoms with van der Waals surface area (Å²) in [5.41, 5.74) is 0. The minimum absolute atomic E-state index is 0. The van der Waals surface area contributed by atoms with Gasteiger partial charge in [0.05, 0.1) is 6.61 Å². The average molecular weight is 202 g/mol. The molecule has 0 aromatic rings. The smallest absolute Gasteiger partial charge is 0.776 e. The van der Waals surface area contributed by atoms with Gasteiger partial charge in [-0.25, -0.2) is 4.79 Å². The van der Waals surface area contributed by atoms with Crippen molar-refractivity contribution in [2.24, 2.45) is 0 Å². The van der Waals surface area contributed by atoms with Gasteiger partial charge in [-0.1, -0.05) is 0 Å². The number of cyclic esters (lactones) is 2. The zero-order valence-corrected chi connectivity index (χ0v) is 8.28. The average Bonchev–Trinajstić information content (AvgIpc) is 2.36. The Kier molecular flexibility index (Phi) is 5.04. The van der Waals surface area contributed by atoms with E-state index in [1.807, 2.05) is 0 Å². The molecule has 1 aliphatic rings. The van der Waals surface area contributed by atoms with Gasteiger partial charge in [-0.05, 0) is 6.92 Å². The van der Waals surface area contributed by atoms with E-state index in [-0.39, 0.29) is 32.1 Å². The summed E-state index contributed by atoms with van der Waals surface area (Å²) in [7, 11) is -4.10. The number of carbonyl (C=O) groups excluding carboxylic acids is 1. The summed E-state index contributed by atoms with van der Waals surface area (Å²) < 4.78 is 24.0. The first-order chi connectivity index (χ1) is 5.56. The van der Waals surface area contributed by atoms with Gasteiger partial charge in [-0.15, -0.1) is 0 Å². The molecule has 70 valence electrons. The number of hydrogen-bond donors (Lipinski definition) is 0. The minimum atomic E-state index is -4.10. The molecule has 1 aliphatic heterocycles. The third-order valence-electron chi connectivity index (χ3n) is 1.24. The molecule has 13 heavy (non-hydrogen) atoms. The Hall–Kier alpha value is 0.0174. The van der Waals surface area contributed by atoms with Crippen molar-refractivity contribution in [3.63, 3.8) is 0 Å². The number of rotatable bonds is 3. The van der Waals surface area contributed by atoms with Crippen molar-refractivity contribution in [2.75, 3.05) is 13.2 Å². The first-order valence-corrected chi connectivity index (χ1v) is 4.96. The van der Waals surface area contributed by atoms with Gasteiger partial charge >= 0.3 is 25.0 Å². The van der Waals surface area contributed by atoms with Gasteiger partial charge in [-0.3, -0.25) is 0 Å². The van der Waals surface area contributed by atoms with Crippen molar-refractivity contribution in [1.29, 1.82) is 0 Å². The third-order valence-corrected chi connectivity index (χ3v) is 2.82. The molecule has 6 nitrogen and oxygen atoms in total. The molecule has 0 radical (unpaired) electrons. The Labute approximate surface area is 87.3 Å². The van der Waals surface area contributed by atoms with Crippen molar-refractivity contribution in [3.8, 4) is 0 Å². The predicted octanol–water partition coefficient (Wildman–Crippen LogP) is -2.93. The van der Waals surface area contributed by atoms with Crippen LogP contribution in [0.2, 0.25) is 0 Å². The molecular weight excluding hydrogens is 194 g/mol. The molecule has 1 rings (SSSR count).